The zero-order valence-electron chi connectivity index (χ0n) is 12.6. The van der Waals surface area contributed by atoms with E-state index >= 15 is 0 Å². The third kappa shape index (κ3) is 2.26. The Bertz CT molecular complexity index is 940. The van der Waals surface area contributed by atoms with Crippen LogP contribution in [0.5, 0.6) is 0 Å². The lowest BCUT2D eigenvalue weighted by atomic mass is 10.1. The van der Waals surface area contributed by atoms with Crippen molar-refractivity contribution in [1.29, 1.82) is 0 Å². The lowest BCUT2D eigenvalue weighted by molar-refractivity contribution is 0.0696. The maximum Gasteiger partial charge on any atom is 0.337 e. The molecule has 1 aliphatic rings. The Balaban J connectivity index is 1.66. The Hall–Kier alpha value is -3.35. The molecule has 0 atom stereocenters. The van der Waals surface area contributed by atoms with Crippen LogP contribution in [0.25, 0.3) is 11.4 Å². The number of carboxylic acid groups (broad SMARTS) is 1. The number of carbonyl (C=O) groups excluding carboxylic acids is 1. The number of aromatic carboxylic acids is 1. The number of aromatic amines is 1. The summed E-state index contributed by atoms with van der Waals surface area (Å²) >= 11 is 0. The highest BCUT2D eigenvalue weighted by Gasteiger charge is 2.25. The number of carboxylic acids is 1. The number of hydrogen-bond donors (Lipinski definition) is 3. The van der Waals surface area contributed by atoms with Gasteiger partial charge in [-0.1, -0.05) is 18.2 Å². The highest BCUT2D eigenvalue weighted by molar-refractivity contribution is 6.04. The normalized spacial score (nSPS) is 12.3. The van der Waals surface area contributed by atoms with Gasteiger partial charge in [-0.3, -0.25) is 9.89 Å². The first-order chi connectivity index (χ1) is 11.6. The summed E-state index contributed by atoms with van der Waals surface area (Å²) in [5.41, 5.74) is 3.20. The van der Waals surface area contributed by atoms with Crippen molar-refractivity contribution in [3.63, 3.8) is 0 Å². The third-order valence-electron chi connectivity index (χ3n) is 4.14. The second kappa shape index (κ2) is 5.38. The van der Waals surface area contributed by atoms with Gasteiger partial charge < -0.3 is 15.0 Å². The molecule has 0 saturated carbocycles. The van der Waals surface area contributed by atoms with Crippen molar-refractivity contribution in [3.8, 4) is 11.4 Å². The van der Waals surface area contributed by atoms with Gasteiger partial charge in [0.05, 0.1) is 17.0 Å². The van der Waals surface area contributed by atoms with E-state index in [1.807, 2.05) is 10.6 Å². The van der Waals surface area contributed by atoms with E-state index in [4.69, 9.17) is 5.11 Å². The Morgan fingerprint density at radius 3 is 2.75 bits per heavy atom. The van der Waals surface area contributed by atoms with E-state index in [1.54, 1.807) is 36.5 Å². The predicted molar refractivity (Wildman–Crippen MR) is 87.1 cm³/mol. The number of H-pyrrole nitrogens is 1. The van der Waals surface area contributed by atoms with Crippen LogP contribution in [0, 0.1) is 0 Å². The van der Waals surface area contributed by atoms with Gasteiger partial charge in [-0.25, -0.2) is 4.79 Å². The highest BCUT2D eigenvalue weighted by atomic mass is 16.4. The SMILES string of the molecule is O=C(O)c1cc2n(c1)CCc1c(NC(=O)c3ccccc3)n[nH]c1-2. The minimum Gasteiger partial charge on any atom is -0.478 e. The molecule has 0 unspecified atom stereocenters. The van der Waals surface area contributed by atoms with E-state index in [2.05, 4.69) is 15.5 Å². The number of nitrogens with zero attached hydrogens (tertiary/aromatic N) is 2. The van der Waals surface area contributed by atoms with Gasteiger partial charge in [-0.15, -0.1) is 0 Å². The van der Waals surface area contributed by atoms with Gasteiger partial charge in [0.15, 0.2) is 5.82 Å². The Morgan fingerprint density at radius 2 is 2.00 bits per heavy atom. The molecule has 4 rings (SSSR count). The summed E-state index contributed by atoms with van der Waals surface area (Å²) in [5.74, 6) is -0.698. The number of amides is 1. The number of benzene rings is 1. The van der Waals surface area contributed by atoms with Crippen LogP contribution in [0.15, 0.2) is 42.6 Å². The van der Waals surface area contributed by atoms with E-state index in [-0.39, 0.29) is 11.5 Å². The van der Waals surface area contributed by atoms with Crippen LogP contribution >= 0.6 is 0 Å². The van der Waals surface area contributed by atoms with Crippen LogP contribution in [0.2, 0.25) is 0 Å². The number of hydrogen-bond acceptors (Lipinski definition) is 3. The zero-order chi connectivity index (χ0) is 16.7. The Kier molecular flexibility index (Phi) is 3.19. The minimum absolute atomic E-state index is 0.225. The van der Waals surface area contributed by atoms with Crippen LogP contribution in [-0.2, 0) is 13.0 Å². The smallest absolute Gasteiger partial charge is 0.337 e. The molecule has 0 fully saturated rings. The molecule has 0 radical (unpaired) electrons. The van der Waals surface area contributed by atoms with E-state index in [0.29, 0.717) is 24.3 Å². The Labute approximate surface area is 136 Å². The summed E-state index contributed by atoms with van der Waals surface area (Å²) in [4.78, 5) is 23.4. The van der Waals surface area contributed by atoms with Crippen molar-refractivity contribution in [2.24, 2.45) is 0 Å². The number of fused-ring (bicyclic) bond motifs is 3. The van der Waals surface area contributed by atoms with Crippen LogP contribution in [0.3, 0.4) is 0 Å². The fourth-order valence-electron chi connectivity index (χ4n) is 2.95. The third-order valence-corrected chi connectivity index (χ3v) is 4.14. The number of rotatable bonds is 3. The standard InChI is InChI=1S/C17H14N4O3/c22-16(10-4-2-1-3-5-10)18-15-12-6-7-21-9-11(17(23)24)8-13(21)14(12)19-20-15/h1-5,8-9H,6-7H2,(H,23,24)(H2,18,19,20,22). The molecular weight excluding hydrogens is 308 g/mol. The fourth-order valence-corrected chi connectivity index (χ4v) is 2.95. The molecule has 2 aromatic heterocycles. The maximum atomic E-state index is 12.3. The molecule has 3 heterocycles. The highest BCUT2D eigenvalue weighted by Crippen LogP contribution is 2.33. The van der Waals surface area contributed by atoms with Crippen molar-refractivity contribution < 1.29 is 14.7 Å². The average molecular weight is 322 g/mol. The molecule has 7 nitrogen and oxygen atoms in total. The van der Waals surface area contributed by atoms with E-state index in [1.165, 1.54) is 0 Å². The van der Waals surface area contributed by atoms with Crippen molar-refractivity contribution in [3.05, 3.63) is 59.3 Å². The first kappa shape index (κ1) is 14.3. The van der Waals surface area contributed by atoms with Crippen molar-refractivity contribution in [2.45, 2.75) is 13.0 Å². The lowest BCUT2D eigenvalue weighted by Gasteiger charge is -2.16. The van der Waals surface area contributed by atoms with E-state index in [9.17, 15) is 9.59 Å². The van der Waals surface area contributed by atoms with Crippen LogP contribution < -0.4 is 5.32 Å². The molecular formula is C17H14N4O3. The number of aryl methyl sites for hydroxylation is 1. The van der Waals surface area contributed by atoms with E-state index in [0.717, 1.165) is 17.0 Å². The zero-order valence-corrected chi connectivity index (χ0v) is 12.6. The molecule has 0 aliphatic carbocycles. The summed E-state index contributed by atoms with van der Waals surface area (Å²) < 4.78 is 1.88. The largest absolute Gasteiger partial charge is 0.478 e. The number of nitrogens with one attached hydrogen (secondary N) is 2. The molecule has 7 heteroatoms. The number of carbonyl (C=O) groups is 2. The fraction of sp³-hybridized carbons (Fsp3) is 0.118. The molecule has 0 saturated heterocycles. The molecule has 0 spiro atoms. The second-order valence-electron chi connectivity index (χ2n) is 5.61. The van der Waals surface area contributed by atoms with Crippen LogP contribution in [-0.4, -0.2) is 31.7 Å². The minimum atomic E-state index is -0.962. The maximum absolute atomic E-state index is 12.3. The summed E-state index contributed by atoms with van der Waals surface area (Å²) in [6, 6.07) is 10.5. The molecule has 3 aromatic rings. The summed E-state index contributed by atoms with van der Waals surface area (Å²) in [6.45, 7) is 0.642. The van der Waals surface area contributed by atoms with Gasteiger partial charge in [-0.2, -0.15) is 5.10 Å². The summed E-state index contributed by atoms with van der Waals surface area (Å²) in [6.07, 6.45) is 2.28. The van der Waals surface area contributed by atoms with Gasteiger partial charge in [0.2, 0.25) is 0 Å². The van der Waals surface area contributed by atoms with Gasteiger partial charge in [0, 0.05) is 23.9 Å². The van der Waals surface area contributed by atoms with Crippen LogP contribution in [0.1, 0.15) is 26.3 Å². The predicted octanol–water partition coefficient (Wildman–Crippen LogP) is 2.38. The summed E-state index contributed by atoms with van der Waals surface area (Å²) in [5, 5.41) is 19.1. The lowest BCUT2D eigenvalue weighted by Crippen LogP contribution is -2.15. The molecule has 120 valence electrons. The van der Waals surface area contributed by atoms with Gasteiger partial charge in [0.25, 0.3) is 5.91 Å². The molecule has 3 N–H and O–H groups in total. The number of anilines is 1. The Morgan fingerprint density at radius 1 is 1.21 bits per heavy atom. The van der Waals surface area contributed by atoms with E-state index < -0.39 is 5.97 Å². The van der Waals surface area contributed by atoms with Crippen molar-refractivity contribution in [2.75, 3.05) is 5.32 Å². The van der Waals surface area contributed by atoms with Crippen molar-refractivity contribution in [1.82, 2.24) is 14.8 Å². The first-order valence-corrected chi connectivity index (χ1v) is 7.51. The topological polar surface area (TPSA) is 100 Å². The molecule has 0 bridgehead atoms. The van der Waals surface area contributed by atoms with Gasteiger partial charge >= 0.3 is 5.97 Å². The quantitative estimate of drug-likeness (QED) is 0.689. The van der Waals surface area contributed by atoms with Crippen molar-refractivity contribution >= 4 is 17.7 Å². The van der Waals surface area contributed by atoms with Gasteiger partial charge in [-0.05, 0) is 24.6 Å². The first-order valence-electron chi connectivity index (χ1n) is 7.51. The monoisotopic (exact) mass is 322 g/mol. The molecule has 24 heavy (non-hydrogen) atoms. The number of aromatic nitrogens is 3. The van der Waals surface area contributed by atoms with Crippen LogP contribution in [0.4, 0.5) is 5.82 Å². The molecule has 1 amide bonds. The van der Waals surface area contributed by atoms with Gasteiger partial charge in [0.1, 0.15) is 0 Å². The molecule has 1 aromatic carbocycles. The molecule has 1 aliphatic heterocycles. The average Bonchev–Trinajstić information content (AvgIpc) is 3.19. The second-order valence-corrected chi connectivity index (χ2v) is 5.61. The summed E-state index contributed by atoms with van der Waals surface area (Å²) in [7, 11) is 0.